The summed E-state index contributed by atoms with van der Waals surface area (Å²) in [6, 6.07) is 1.25. The van der Waals surface area contributed by atoms with Crippen LogP contribution in [0.2, 0.25) is 0 Å². The molecule has 1 N–H and O–H groups in total. The predicted molar refractivity (Wildman–Crippen MR) is 72.8 cm³/mol. The van der Waals surface area contributed by atoms with Crippen LogP contribution in [0, 0.1) is 0 Å². The molecule has 0 atom stereocenters. The normalized spacial score (nSPS) is 15.7. The van der Waals surface area contributed by atoms with Gasteiger partial charge in [0.05, 0.1) is 13.2 Å². The number of amides is 2. The van der Waals surface area contributed by atoms with E-state index in [1.165, 1.54) is 11.8 Å². The summed E-state index contributed by atoms with van der Waals surface area (Å²) >= 11 is 0. The summed E-state index contributed by atoms with van der Waals surface area (Å²) in [5.41, 5.74) is -2.09. The van der Waals surface area contributed by atoms with E-state index in [1.807, 2.05) is 0 Å². The minimum Gasteiger partial charge on any atom is -0.378 e. The number of carbonyl (C=O) groups excluding carboxylic acids is 1. The maximum Gasteiger partial charge on any atom is 0.431 e. The fraction of sp³-hybridized carbons (Fsp3) is 0.538. The lowest BCUT2D eigenvalue weighted by Crippen LogP contribution is -2.44. The summed E-state index contributed by atoms with van der Waals surface area (Å²) in [7, 11) is 0. The summed E-state index contributed by atoms with van der Waals surface area (Å²) in [6.07, 6.45) is -4.62. The van der Waals surface area contributed by atoms with Crippen LogP contribution in [0.25, 0.3) is 0 Å². The molecular weight excluding hydrogens is 303 g/mol. The number of pyridine rings is 1. The Morgan fingerprint density at radius 2 is 1.95 bits per heavy atom. The number of anilines is 1. The van der Waals surface area contributed by atoms with Crippen LogP contribution in [0.1, 0.15) is 12.6 Å². The second-order valence-corrected chi connectivity index (χ2v) is 4.71. The van der Waals surface area contributed by atoms with Crippen LogP contribution in [0.3, 0.4) is 0 Å². The van der Waals surface area contributed by atoms with Gasteiger partial charge in [-0.2, -0.15) is 13.2 Å². The molecule has 0 unspecified atom stereocenters. The fourth-order valence-corrected chi connectivity index (χ4v) is 2.20. The second kappa shape index (κ2) is 6.39. The van der Waals surface area contributed by atoms with Gasteiger partial charge >= 0.3 is 12.2 Å². The molecule has 2 rings (SSSR count). The molecule has 2 heterocycles. The van der Waals surface area contributed by atoms with Crippen molar-refractivity contribution in [2.24, 2.45) is 0 Å². The Labute approximate surface area is 124 Å². The van der Waals surface area contributed by atoms with Crippen LogP contribution >= 0.6 is 0 Å². The number of carbonyl (C=O) groups is 1. The van der Waals surface area contributed by atoms with E-state index in [0.717, 1.165) is 12.1 Å². The van der Waals surface area contributed by atoms with Gasteiger partial charge in [-0.3, -0.25) is 4.79 Å². The van der Waals surface area contributed by atoms with Crippen LogP contribution < -0.4 is 10.9 Å². The highest BCUT2D eigenvalue weighted by Gasteiger charge is 2.34. The Morgan fingerprint density at radius 1 is 1.32 bits per heavy atom. The van der Waals surface area contributed by atoms with Gasteiger partial charge in [0, 0.05) is 19.6 Å². The monoisotopic (exact) mass is 319 g/mol. The van der Waals surface area contributed by atoms with Crippen molar-refractivity contribution in [1.82, 2.24) is 9.47 Å². The number of aromatic nitrogens is 1. The zero-order chi connectivity index (χ0) is 16.3. The molecule has 1 saturated heterocycles. The molecule has 6 nitrogen and oxygen atoms in total. The highest BCUT2D eigenvalue weighted by molar-refractivity contribution is 5.89. The highest BCUT2D eigenvalue weighted by atomic mass is 19.4. The number of morpholine rings is 1. The number of hydrogen-bond acceptors (Lipinski definition) is 3. The Hall–Kier alpha value is -2.03. The van der Waals surface area contributed by atoms with Gasteiger partial charge < -0.3 is 19.5 Å². The van der Waals surface area contributed by atoms with Crippen LogP contribution in [0.4, 0.5) is 23.7 Å². The fourth-order valence-electron chi connectivity index (χ4n) is 2.20. The third-order valence-electron chi connectivity index (χ3n) is 3.32. The molecule has 1 aromatic rings. The van der Waals surface area contributed by atoms with Crippen molar-refractivity contribution in [2.45, 2.75) is 19.6 Å². The molecule has 122 valence electrons. The number of hydrogen-bond donors (Lipinski definition) is 1. The lowest BCUT2D eigenvalue weighted by molar-refractivity contribution is -0.144. The third-order valence-corrected chi connectivity index (χ3v) is 3.32. The first kappa shape index (κ1) is 16.3. The Morgan fingerprint density at radius 3 is 2.50 bits per heavy atom. The summed E-state index contributed by atoms with van der Waals surface area (Å²) in [5, 5.41) is 2.36. The zero-order valence-corrected chi connectivity index (χ0v) is 11.9. The van der Waals surface area contributed by atoms with E-state index in [0.29, 0.717) is 30.9 Å². The topological polar surface area (TPSA) is 63.6 Å². The maximum atomic E-state index is 12.8. The van der Waals surface area contributed by atoms with Gasteiger partial charge in [-0.25, -0.2) is 4.79 Å². The van der Waals surface area contributed by atoms with Crippen LogP contribution in [-0.4, -0.2) is 41.8 Å². The average Bonchev–Trinajstić information content (AvgIpc) is 2.48. The minimum absolute atomic E-state index is 0.144. The van der Waals surface area contributed by atoms with Gasteiger partial charge in [0.1, 0.15) is 11.4 Å². The highest BCUT2D eigenvalue weighted by Crippen LogP contribution is 2.28. The number of nitrogens with zero attached hydrogens (tertiary/aromatic N) is 2. The second-order valence-electron chi connectivity index (χ2n) is 4.71. The molecule has 0 bridgehead atoms. The van der Waals surface area contributed by atoms with Gasteiger partial charge in [-0.15, -0.1) is 0 Å². The number of urea groups is 1. The van der Waals surface area contributed by atoms with E-state index >= 15 is 0 Å². The Balaban J connectivity index is 2.25. The zero-order valence-electron chi connectivity index (χ0n) is 11.9. The Kier molecular flexibility index (Phi) is 4.74. The van der Waals surface area contributed by atoms with Gasteiger partial charge in [0.25, 0.3) is 5.56 Å². The van der Waals surface area contributed by atoms with Gasteiger partial charge in [-0.1, -0.05) is 0 Å². The van der Waals surface area contributed by atoms with Crippen molar-refractivity contribution >= 4 is 11.7 Å². The van der Waals surface area contributed by atoms with Crippen LogP contribution in [0.5, 0.6) is 0 Å². The molecule has 1 fully saturated rings. The summed E-state index contributed by atoms with van der Waals surface area (Å²) in [4.78, 5) is 25.5. The van der Waals surface area contributed by atoms with Gasteiger partial charge in [0.15, 0.2) is 0 Å². The van der Waals surface area contributed by atoms with Crippen molar-refractivity contribution in [3.63, 3.8) is 0 Å². The molecule has 0 saturated carbocycles. The number of ether oxygens (including phenoxy) is 1. The number of rotatable bonds is 2. The standard InChI is InChI=1S/C13H16F3N3O3/c1-2-19-10(13(14,15)16)4-3-9(11(19)20)17-12(21)18-5-7-22-8-6-18/h3-4H,2,5-8H2,1H3,(H,17,21). The Bertz CT molecular complexity index is 607. The van der Waals surface area contributed by atoms with E-state index in [4.69, 9.17) is 4.74 Å². The molecule has 0 radical (unpaired) electrons. The number of alkyl halides is 3. The van der Waals surface area contributed by atoms with Crippen molar-refractivity contribution in [3.8, 4) is 0 Å². The van der Waals surface area contributed by atoms with E-state index in [-0.39, 0.29) is 12.2 Å². The summed E-state index contributed by atoms with van der Waals surface area (Å²) in [5.74, 6) is 0. The first-order valence-corrected chi connectivity index (χ1v) is 6.79. The van der Waals surface area contributed by atoms with Gasteiger partial charge in [0.2, 0.25) is 0 Å². The largest absolute Gasteiger partial charge is 0.431 e. The van der Waals surface area contributed by atoms with E-state index in [1.54, 1.807) is 0 Å². The quantitative estimate of drug-likeness (QED) is 0.903. The predicted octanol–water partition coefficient (Wildman–Crippen LogP) is 1.75. The van der Waals surface area contributed by atoms with E-state index in [9.17, 15) is 22.8 Å². The number of halogens is 3. The SMILES string of the molecule is CCn1c(C(F)(F)F)ccc(NC(=O)N2CCOCC2)c1=O. The van der Waals surface area contributed by atoms with E-state index in [2.05, 4.69) is 5.32 Å². The van der Waals surface area contributed by atoms with Gasteiger partial charge in [-0.05, 0) is 19.1 Å². The lowest BCUT2D eigenvalue weighted by atomic mass is 10.3. The maximum absolute atomic E-state index is 12.8. The van der Waals surface area contributed by atoms with Crippen molar-refractivity contribution in [3.05, 3.63) is 28.2 Å². The molecule has 0 spiro atoms. The summed E-state index contributed by atoms with van der Waals surface area (Å²) < 4.78 is 44.2. The van der Waals surface area contributed by atoms with Crippen LogP contribution in [0.15, 0.2) is 16.9 Å². The molecule has 0 aromatic carbocycles. The van der Waals surface area contributed by atoms with Crippen molar-refractivity contribution < 1.29 is 22.7 Å². The molecule has 1 aromatic heterocycles. The minimum atomic E-state index is -4.62. The smallest absolute Gasteiger partial charge is 0.378 e. The molecule has 1 aliphatic heterocycles. The van der Waals surface area contributed by atoms with Crippen molar-refractivity contribution in [1.29, 1.82) is 0 Å². The molecule has 0 aliphatic carbocycles. The average molecular weight is 319 g/mol. The first-order chi connectivity index (χ1) is 10.3. The summed E-state index contributed by atoms with van der Waals surface area (Å²) in [6.45, 7) is 2.81. The molecule has 1 aliphatic rings. The number of nitrogens with one attached hydrogen (secondary N) is 1. The molecule has 9 heteroatoms. The van der Waals surface area contributed by atoms with Crippen molar-refractivity contribution in [2.75, 3.05) is 31.6 Å². The molecule has 22 heavy (non-hydrogen) atoms. The third kappa shape index (κ3) is 3.41. The lowest BCUT2D eigenvalue weighted by Gasteiger charge is -2.27. The van der Waals surface area contributed by atoms with E-state index < -0.39 is 23.5 Å². The first-order valence-electron chi connectivity index (χ1n) is 6.79. The molecular formula is C13H16F3N3O3. The van der Waals surface area contributed by atoms with Crippen LogP contribution in [-0.2, 0) is 17.5 Å². The molecule has 2 amide bonds.